The lowest BCUT2D eigenvalue weighted by molar-refractivity contribution is 0.0746. The highest BCUT2D eigenvalue weighted by Gasteiger charge is 2.32. The van der Waals surface area contributed by atoms with Crippen LogP contribution in [0.1, 0.15) is 67.8 Å². The van der Waals surface area contributed by atoms with Crippen molar-refractivity contribution in [3.63, 3.8) is 0 Å². The second-order valence-corrected chi connectivity index (χ2v) is 10.8. The van der Waals surface area contributed by atoms with Gasteiger partial charge in [-0.2, -0.15) is 10.2 Å². The number of nitrogens with one attached hydrogen (secondary N) is 2. The van der Waals surface area contributed by atoms with Crippen LogP contribution in [-0.2, 0) is 17.6 Å². The summed E-state index contributed by atoms with van der Waals surface area (Å²) in [6.45, 7) is 11.6. The zero-order chi connectivity index (χ0) is 25.4. The van der Waals surface area contributed by atoms with Gasteiger partial charge in [-0.1, -0.05) is 26.0 Å². The van der Waals surface area contributed by atoms with Gasteiger partial charge in [-0.15, -0.1) is 0 Å². The Hall–Kier alpha value is -3.52. The third-order valence-corrected chi connectivity index (χ3v) is 6.80. The molecule has 3 heterocycles. The summed E-state index contributed by atoms with van der Waals surface area (Å²) in [4.78, 5) is 17.0. The van der Waals surface area contributed by atoms with Crippen molar-refractivity contribution in [3.05, 3.63) is 65.1 Å². The molecule has 8 heteroatoms. The highest BCUT2D eigenvalue weighted by Crippen LogP contribution is 2.40. The molecule has 0 fully saturated rings. The maximum absolute atomic E-state index is 12.4. The maximum atomic E-state index is 12.4. The van der Waals surface area contributed by atoms with Crippen molar-refractivity contribution in [2.24, 2.45) is 5.41 Å². The SMILES string of the molecule is CC(C)OCCNC(=O)c1ccc(C(C)n2cc3cc(-c4n[nH]c5c4CC(C)(C)C5)cnc3n2)cc1. The largest absolute Gasteiger partial charge is 0.377 e. The summed E-state index contributed by atoms with van der Waals surface area (Å²) in [6.07, 6.45) is 6.09. The quantitative estimate of drug-likeness (QED) is 0.352. The van der Waals surface area contributed by atoms with Crippen LogP contribution in [0.4, 0.5) is 0 Å². The molecular weight excluding hydrogens is 452 g/mol. The number of hydrogen-bond acceptors (Lipinski definition) is 5. The van der Waals surface area contributed by atoms with Gasteiger partial charge >= 0.3 is 0 Å². The minimum Gasteiger partial charge on any atom is -0.377 e. The molecule has 1 amide bonds. The van der Waals surface area contributed by atoms with Gasteiger partial charge in [0.15, 0.2) is 5.65 Å². The van der Waals surface area contributed by atoms with Gasteiger partial charge in [0.2, 0.25) is 0 Å². The molecule has 1 aliphatic carbocycles. The van der Waals surface area contributed by atoms with Crippen molar-refractivity contribution in [3.8, 4) is 11.3 Å². The molecule has 1 aliphatic rings. The summed E-state index contributed by atoms with van der Waals surface area (Å²) in [7, 11) is 0. The standard InChI is InChI=1S/C28H34N6O2/c1-17(2)36-11-10-29-27(35)20-8-6-19(7-9-20)18(3)34-16-22-12-21(15-30-26(22)33-34)25-23-13-28(4,5)14-24(23)31-32-25/h6-9,12,15-18H,10-11,13-14H2,1-5H3,(H,29,35)(H,31,32). The lowest BCUT2D eigenvalue weighted by atomic mass is 9.90. The highest BCUT2D eigenvalue weighted by molar-refractivity contribution is 5.94. The molecule has 3 aromatic heterocycles. The number of carbonyl (C=O) groups is 1. The molecule has 1 unspecified atom stereocenters. The summed E-state index contributed by atoms with van der Waals surface area (Å²) < 4.78 is 7.40. The van der Waals surface area contributed by atoms with Crippen LogP contribution in [0.15, 0.2) is 42.7 Å². The molecule has 4 aromatic rings. The topological polar surface area (TPSA) is 97.7 Å². The summed E-state index contributed by atoms with van der Waals surface area (Å²) in [6, 6.07) is 9.77. The van der Waals surface area contributed by atoms with E-state index < -0.39 is 0 Å². The molecule has 1 aromatic carbocycles. The first kappa shape index (κ1) is 24.2. The fourth-order valence-electron chi connectivity index (χ4n) is 4.89. The van der Waals surface area contributed by atoms with Crippen molar-refractivity contribution < 1.29 is 9.53 Å². The predicted octanol–water partition coefficient (Wildman–Crippen LogP) is 4.71. The number of hydrogen-bond donors (Lipinski definition) is 2. The summed E-state index contributed by atoms with van der Waals surface area (Å²) in [5, 5.41) is 16.4. The maximum Gasteiger partial charge on any atom is 0.251 e. The zero-order valence-corrected chi connectivity index (χ0v) is 21.6. The first-order valence-electron chi connectivity index (χ1n) is 12.6. The zero-order valence-electron chi connectivity index (χ0n) is 21.6. The van der Waals surface area contributed by atoms with Crippen LogP contribution >= 0.6 is 0 Å². The molecule has 0 bridgehead atoms. The molecular formula is C28H34N6O2. The summed E-state index contributed by atoms with van der Waals surface area (Å²) in [5.74, 6) is -0.101. The van der Waals surface area contributed by atoms with Gasteiger partial charge in [0.05, 0.1) is 24.4 Å². The van der Waals surface area contributed by atoms with Crippen LogP contribution in [0.2, 0.25) is 0 Å². The Labute approximate surface area is 211 Å². The van der Waals surface area contributed by atoms with Crippen LogP contribution in [0.25, 0.3) is 22.3 Å². The average molecular weight is 487 g/mol. The number of amides is 1. The van der Waals surface area contributed by atoms with Gasteiger partial charge in [-0.3, -0.25) is 14.6 Å². The van der Waals surface area contributed by atoms with Crippen molar-refractivity contribution in [1.82, 2.24) is 30.3 Å². The Morgan fingerprint density at radius 3 is 2.72 bits per heavy atom. The number of aromatic amines is 1. The van der Waals surface area contributed by atoms with Gasteiger partial charge < -0.3 is 10.1 Å². The molecule has 36 heavy (non-hydrogen) atoms. The molecule has 2 N–H and O–H groups in total. The number of pyridine rings is 1. The molecule has 0 saturated heterocycles. The van der Waals surface area contributed by atoms with E-state index in [9.17, 15) is 4.79 Å². The first-order chi connectivity index (χ1) is 17.2. The average Bonchev–Trinajstić information content (AvgIpc) is 3.52. The molecule has 8 nitrogen and oxygen atoms in total. The lowest BCUT2D eigenvalue weighted by Gasteiger charge is -2.15. The number of fused-ring (bicyclic) bond motifs is 2. The second kappa shape index (κ2) is 9.50. The minimum absolute atomic E-state index is 0.00497. The molecule has 0 radical (unpaired) electrons. The van der Waals surface area contributed by atoms with E-state index >= 15 is 0 Å². The lowest BCUT2D eigenvalue weighted by Crippen LogP contribution is -2.28. The fourth-order valence-corrected chi connectivity index (χ4v) is 4.89. The van der Waals surface area contributed by atoms with Crippen molar-refractivity contribution in [1.29, 1.82) is 0 Å². The molecule has 0 saturated carbocycles. The Kier molecular flexibility index (Phi) is 6.38. The van der Waals surface area contributed by atoms with Crippen molar-refractivity contribution >= 4 is 16.9 Å². The number of benzene rings is 1. The number of carbonyl (C=O) groups excluding carboxylic acids is 1. The Morgan fingerprint density at radius 2 is 1.97 bits per heavy atom. The van der Waals surface area contributed by atoms with Gasteiger partial charge in [0.25, 0.3) is 5.91 Å². The number of ether oxygens (including phenoxy) is 1. The second-order valence-electron chi connectivity index (χ2n) is 10.8. The van der Waals surface area contributed by atoms with Crippen LogP contribution in [0, 0.1) is 5.41 Å². The smallest absolute Gasteiger partial charge is 0.251 e. The van der Waals surface area contributed by atoms with Crippen molar-refractivity contribution in [2.75, 3.05) is 13.2 Å². The van der Waals surface area contributed by atoms with E-state index in [1.165, 1.54) is 11.3 Å². The Morgan fingerprint density at radius 1 is 1.19 bits per heavy atom. The van der Waals surface area contributed by atoms with Crippen LogP contribution in [0.3, 0.4) is 0 Å². The summed E-state index contributed by atoms with van der Waals surface area (Å²) in [5.41, 5.74) is 7.21. The van der Waals surface area contributed by atoms with Crippen LogP contribution in [-0.4, -0.2) is 50.1 Å². The number of H-pyrrole nitrogens is 1. The normalized spacial score (nSPS) is 15.4. The third-order valence-electron chi connectivity index (χ3n) is 6.80. The molecule has 1 atom stereocenters. The number of nitrogens with zero attached hydrogens (tertiary/aromatic N) is 4. The number of aromatic nitrogens is 5. The Balaban J connectivity index is 1.30. The highest BCUT2D eigenvalue weighted by atomic mass is 16.5. The van der Waals surface area contributed by atoms with E-state index in [1.54, 1.807) is 0 Å². The van der Waals surface area contributed by atoms with Gasteiger partial charge in [0.1, 0.15) is 0 Å². The van der Waals surface area contributed by atoms with E-state index in [4.69, 9.17) is 9.84 Å². The van der Waals surface area contributed by atoms with E-state index in [-0.39, 0.29) is 23.5 Å². The fraction of sp³-hybridized carbons (Fsp3) is 0.429. The third kappa shape index (κ3) is 4.91. The monoisotopic (exact) mass is 486 g/mol. The molecule has 0 aliphatic heterocycles. The number of rotatable bonds is 8. The van der Waals surface area contributed by atoms with E-state index in [2.05, 4.69) is 47.3 Å². The van der Waals surface area contributed by atoms with E-state index in [1.807, 2.05) is 55.2 Å². The van der Waals surface area contributed by atoms with Gasteiger partial charge in [-0.05, 0) is 62.8 Å². The minimum atomic E-state index is -0.101. The molecule has 0 spiro atoms. The van der Waals surface area contributed by atoms with Crippen LogP contribution < -0.4 is 5.32 Å². The van der Waals surface area contributed by atoms with E-state index in [0.29, 0.717) is 24.4 Å². The van der Waals surface area contributed by atoms with Crippen molar-refractivity contribution in [2.45, 2.75) is 59.6 Å². The Bertz CT molecular complexity index is 1380. The molecule has 5 rings (SSSR count). The van der Waals surface area contributed by atoms with Gasteiger partial charge in [-0.25, -0.2) is 4.98 Å². The first-order valence-corrected chi connectivity index (χ1v) is 12.6. The van der Waals surface area contributed by atoms with Crippen LogP contribution in [0.5, 0.6) is 0 Å². The predicted molar refractivity (Wildman–Crippen MR) is 140 cm³/mol. The van der Waals surface area contributed by atoms with Gasteiger partial charge in [0, 0.05) is 46.7 Å². The molecule has 188 valence electrons. The summed E-state index contributed by atoms with van der Waals surface area (Å²) >= 11 is 0. The van der Waals surface area contributed by atoms with E-state index in [0.717, 1.165) is 35.0 Å².